The summed E-state index contributed by atoms with van der Waals surface area (Å²) in [6.07, 6.45) is 0. The van der Waals surface area contributed by atoms with Crippen molar-refractivity contribution in [3.8, 4) is 0 Å². The fraction of sp³-hybridized carbons (Fsp3) is 1.00. The second-order valence-electron chi connectivity index (χ2n) is 0.500. The highest BCUT2D eigenvalue weighted by Crippen LogP contribution is 1.31. The van der Waals surface area contributed by atoms with E-state index in [4.69, 9.17) is 4.66 Å². The first-order valence-corrected chi connectivity index (χ1v) is 1.51. The second-order valence-corrected chi connectivity index (χ2v) is 0.500. The molecule has 0 saturated carbocycles. The second kappa shape index (κ2) is 29.6. The monoisotopic (exact) mass is 97.0 g/mol. The molecule has 0 aliphatic heterocycles. The van der Waals surface area contributed by atoms with Crippen LogP contribution in [0.15, 0.2) is 0 Å². The number of halogens is 1. The van der Waals surface area contributed by atoms with Gasteiger partial charge in [0.25, 0.3) is 0 Å². The predicted octanol–water partition coefficient (Wildman–Crippen LogP) is -0.0319. The Hall–Kier alpha value is 0.210. The van der Waals surface area contributed by atoms with Gasteiger partial charge < -0.3 is 5.32 Å². The van der Waals surface area contributed by atoms with E-state index in [9.17, 15) is 0 Å². The van der Waals surface area contributed by atoms with Crippen molar-refractivity contribution in [1.82, 2.24) is 5.32 Å². The number of hydrogen-bond acceptors (Lipinski definition) is 2. The Kier molecular flexibility index (Phi) is 53.1. The van der Waals surface area contributed by atoms with E-state index in [1.807, 2.05) is 14.1 Å². The van der Waals surface area contributed by atoms with Gasteiger partial charge >= 0.3 is 0 Å². The first-order chi connectivity index (χ1) is 2.41. The SMILES string of the molecule is CNC.OCl. The number of rotatable bonds is 0. The van der Waals surface area contributed by atoms with Crippen LogP contribution in [0, 0.1) is 0 Å². The Morgan fingerprint density at radius 2 is 1.40 bits per heavy atom. The molecule has 5 heavy (non-hydrogen) atoms. The maximum atomic E-state index is 6.47. The summed E-state index contributed by atoms with van der Waals surface area (Å²) in [6, 6.07) is 0. The topological polar surface area (TPSA) is 32.3 Å². The molecule has 0 amide bonds. The van der Waals surface area contributed by atoms with Gasteiger partial charge in [0.15, 0.2) is 0 Å². The van der Waals surface area contributed by atoms with E-state index in [0.717, 1.165) is 0 Å². The lowest BCUT2D eigenvalue weighted by Gasteiger charge is -1.59. The minimum Gasteiger partial charge on any atom is -0.323 e. The fourth-order valence-corrected chi connectivity index (χ4v) is 0. The molecule has 0 atom stereocenters. The minimum absolute atomic E-state index is 1.88. The zero-order chi connectivity index (χ0) is 4.71. The molecule has 0 fully saturated rings. The van der Waals surface area contributed by atoms with Crippen molar-refractivity contribution in [3.05, 3.63) is 0 Å². The van der Waals surface area contributed by atoms with Crippen molar-refractivity contribution in [2.24, 2.45) is 0 Å². The summed E-state index contributed by atoms with van der Waals surface area (Å²) < 4.78 is 6.47. The van der Waals surface area contributed by atoms with Crippen LogP contribution in [-0.4, -0.2) is 18.8 Å². The van der Waals surface area contributed by atoms with Crippen LogP contribution in [0.2, 0.25) is 0 Å². The predicted molar refractivity (Wildman–Crippen MR) is 23.1 cm³/mol. The number of nitrogens with one attached hydrogen (secondary N) is 1. The molecule has 0 spiro atoms. The summed E-state index contributed by atoms with van der Waals surface area (Å²) in [5.41, 5.74) is 0. The van der Waals surface area contributed by atoms with E-state index in [0.29, 0.717) is 0 Å². The molecule has 2 nitrogen and oxygen atoms in total. The molecule has 0 aromatic rings. The smallest absolute Gasteiger partial charge is 0.0579 e. The summed E-state index contributed by atoms with van der Waals surface area (Å²) in [5, 5.41) is 2.75. The van der Waals surface area contributed by atoms with Crippen LogP contribution < -0.4 is 5.32 Å². The van der Waals surface area contributed by atoms with Crippen molar-refractivity contribution in [1.29, 1.82) is 0 Å². The molecule has 2 N–H and O–H groups in total. The molecule has 0 rings (SSSR count). The Labute approximate surface area is 36.9 Å². The standard InChI is InChI=1S/C2H7N.ClHO/c1-3-2;1-2/h3H,1-2H3;2H. The van der Waals surface area contributed by atoms with E-state index >= 15 is 0 Å². The summed E-state index contributed by atoms with van der Waals surface area (Å²) in [7, 11) is 3.75. The van der Waals surface area contributed by atoms with Gasteiger partial charge in [-0.2, -0.15) is 0 Å². The third-order valence-corrected chi connectivity index (χ3v) is 0. The average molecular weight is 97.5 g/mol. The molecule has 0 saturated heterocycles. The number of hydrogen-bond donors (Lipinski definition) is 2. The molecule has 0 unspecified atom stereocenters. The van der Waals surface area contributed by atoms with Crippen LogP contribution in [0.3, 0.4) is 0 Å². The van der Waals surface area contributed by atoms with Gasteiger partial charge in [0, 0.05) is 0 Å². The minimum atomic E-state index is 1.88. The molecule has 0 heterocycles. The zero-order valence-corrected chi connectivity index (χ0v) is 4.08. The Morgan fingerprint density at radius 1 is 1.40 bits per heavy atom. The third-order valence-electron chi connectivity index (χ3n) is 0. The van der Waals surface area contributed by atoms with Crippen LogP contribution in [0.4, 0.5) is 0 Å². The quantitative estimate of drug-likeness (QED) is 0.445. The Balaban J connectivity index is 0. The fourth-order valence-electron chi connectivity index (χ4n) is 0. The normalized spacial score (nSPS) is 4.80. The summed E-state index contributed by atoms with van der Waals surface area (Å²) in [6.45, 7) is 0. The van der Waals surface area contributed by atoms with Gasteiger partial charge in [-0.05, 0) is 14.1 Å². The molecule has 3 heteroatoms. The van der Waals surface area contributed by atoms with Gasteiger partial charge in [-0.3, -0.25) is 4.66 Å². The van der Waals surface area contributed by atoms with Crippen LogP contribution in [0.25, 0.3) is 0 Å². The van der Waals surface area contributed by atoms with Crippen molar-refractivity contribution in [3.63, 3.8) is 0 Å². The highest BCUT2D eigenvalue weighted by Gasteiger charge is 1.25. The molecular weight excluding hydrogens is 89.5 g/mol. The van der Waals surface area contributed by atoms with Gasteiger partial charge in [-0.15, -0.1) is 0 Å². The maximum absolute atomic E-state index is 6.47. The Morgan fingerprint density at radius 3 is 1.40 bits per heavy atom. The third kappa shape index (κ3) is 466. The first-order valence-electron chi connectivity index (χ1n) is 1.17. The highest BCUT2D eigenvalue weighted by molar-refractivity contribution is 6.04. The maximum Gasteiger partial charge on any atom is 0.0579 e. The van der Waals surface area contributed by atoms with E-state index in [1.54, 1.807) is 0 Å². The van der Waals surface area contributed by atoms with Gasteiger partial charge in [0.05, 0.1) is 11.9 Å². The molecule has 34 valence electrons. The molecule has 0 bridgehead atoms. The molecule has 0 aliphatic carbocycles. The van der Waals surface area contributed by atoms with Crippen LogP contribution in [-0.2, 0) is 0 Å². The van der Waals surface area contributed by atoms with Crippen LogP contribution in [0.5, 0.6) is 0 Å². The van der Waals surface area contributed by atoms with Gasteiger partial charge in [0.1, 0.15) is 0 Å². The van der Waals surface area contributed by atoms with Crippen molar-refractivity contribution in [2.75, 3.05) is 14.1 Å². The molecule has 0 radical (unpaired) electrons. The highest BCUT2D eigenvalue weighted by atomic mass is 35.5. The van der Waals surface area contributed by atoms with E-state index in [-0.39, 0.29) is 0 Å². The lowest BCUT2D eigenvalue weighted by Crippen LogP contribution is -1.89. The van der Waals surface area contributed by atoms with E-state index in [1.165, 1.54) is 0 Å². The first kappa shape index (κ1) is 8.96. The Bertz CT molecular complexity index is 9.61. The zero-order valence-electron chi connectivity index (χ0n) is 3.33. The largest absolute Gasteiger partial charge is 0.323 e. The lowest BCUT2D eigenvalue weighted by molar-refractivity contribution is 0.632. The average Bonchev–Trinajstić information content (AvgIpc) is 1.46. The molecule has 0 aromatic carbocycles. The summed E-state index contributed by atoms with van der Waals surface area (Å²) in [5.74, 6) is 0. The van der Waals surface area contributed by atoms with E-state index in [2.05, 4.69) is 17.2 Å². The van der Waals surface area contributed by atoms with Crippen molar-refractivity contribution >= 4 is 11.9 Å². The van der Waals surface area contributed by atoms with Crippen LogP contribution >= 0.6 is 11.9 Å². The summed E-state index contributed by atoms with van der Waals surface area (Å²) >= 11 is 3.64. The molecule has 0 aliphatic rings. The van der Waals surface area contributed by atoms with Gasteiger partial charge in [-0.1, -0.05) is 0 Å². The molecular formula is C2H8ClNO. The van der Waals surface area contributed by atoms with Gasteiger partial charge in [-0.25, -0.2) is 0 Å². The van der Waals surface area contributed by atoms with Crippen molar-refractivity contribution in [2.45, 2.75) is 0 Å². The van der Waals surface area contributed by atoms with Crippen molar-refractivity contribution < 1.29 is 4.66 Å². The van der Waals surface area contributed by atoms with E-state index < -0.39 is 0 Å². The lowest BCUT2D eigenvalue weighted by atomic mass is 11.3. The summed E-state index contributed by atoms with van der Waals surface area (Å²) in [4.78, 5) is 0. The molecule has 0 aromatic heterocycles. The van der Waals surface area contributed by atoms with Gasteiger partial charge in [0.2, 0.25) is 0 Å². The van der Waals surface area contributed by atoms with Crippen LogP contribution in [0.1, 0.15) is 0 Å².